The van der Waals surface area contributed by atoms with Gasteiger partial charge in [-0.05, 0) is 32.8 Å². The van der Waals surface area contributed by atoms with E-state index in [1.165, 1.54) is 28.9 Å². The number of rotatable bonds is 3. The van der Waals surface area contributed by atoms with Crippen LogP contribution < -0.4 is 4.90 Å². The number of likely N-dealkylation sites (tertiary alicyclic amines) is 1. The van der Waals surface area contributed by atoms with E-state index < -0.39 is 0 Å². The van der Waals surface area contributed by atoms with Crippen LogP contribution in [0, 0.1) is 19.8 Å². The highest BCUT2D eigenvalue weighted by atomic mass is 32.1. The highest BCUT2D eigenvalue weighted by Gasteiger charge is 2.35. The van der Waals surface area contributed by atoms with Crippen molar-refractivity contribution >= 4 is 16.3 Å². The number of nitrogens with one attached hydrogen (secondary N) is 1. The maximum atomic E-state index is 10.9. The van der Waals surface area contributed by atoms with Gasteiger partial charge in [-0.15, -0.1) is 5.10 Å². The molecule has 4 rings (SSSR count). The summed E-state index contributed by atoms with van der Waals surface area (Å²) in [6, 6.07) is 8.81. The summed E-state index contributed by atoms with van der Waals surface area (Å²) >= 11 is 1.57. The van der Waals surface area contributed by atoms with E-state index in [-0.39, 0.29) is 11.9 Å². The van der Waals surface area contributed by atoms with Gasteiger partial charge in [-0.2, -0.15) is 4.52 Å². The number of aryl methyl sites for hydroxylation is 2. The molecule has 2 aromatic heterocycles. The van der Waals surface area contributed by atoms with E-state index in [4.69, 9.17) is 0 Å². The molecule has 0 radical (unpaired) electrons. The molecule has 5 nitrogen and oxygen atoms in total. The number of thiazole rings is 1. The number of aromatic hydroxyl groups is 1. The van der Waals surface area contributed by atoms with Crippen LogP contribution in [0.25, 0.3) is 4.96 Å². The Morgan fingerprint density at radius 3 is 2.92 bits per heavy atom. The van der Waals surface area contributed by atoms with Crippen LogP contribution in [0.1, 0.15) is 47.6 Å². The molecule has 1 aromatic carbocycles. The highest BCUT2D eigenvalue weighted by molar-refractivity contribution is 7.17. The standard InChI is InChI=1S/C19H24N4OS/c1-12-6-4-8-15(10-12)16(22-9-5-7-13(2)11-22)17-18(24)23-19(25-17)20-14(3)21-23/h4,6,8,10,13,16,24H,5,7,9,11H2,1-3H3/p+1/t13-,16+/m0/s1. The third kappa shape index (κ3) is 3.04. The first-order chi connectivity index (χ1) is 12.0. The fraction of sp³-hybridized carbons (Fsp3) is 0.474. The van der Waals surface area contributed by atoms with Gasteiger partial charge in [-0.25, -0.2) is 4.98 Å². The number of aromatic nitrogens is 3. The summed E-state index contributed by atoms with van der Waals surface area (Å²) in [6.45, 7) is 8.58. The van der Waals surface area contributed by atoms with Crippen molar-refractivity contribution in [2.75, 3.05) is 13.1 Å². The third-order valence-electron chi connectivity index (χ3n) is 5.16. The maximum absolute atomic E-state index is 10.9. The molecule has 0 aliphatic carbocycles. The fourth-order valence-electron chi connectivity index (χ4n) is 4.05. The Hall–Kier alpha value is -1.92. The van der Waals surface area contributed by atoms with Crippen LogP contribution in [0.5, 0.6) is 5.88 Å². The lowest BCUT2D eigenvalue weighted by Crippen LogP contribution is -3.13. The van der Waals surface area contributed by atoms with Crippen LogP contribution in [-0.4, -0.2) is 32.8 Å². The molecule has 1 unspecified atom stereocenters. The van der Waals surface area contributed by atoms with Gasteiger partial charge in [0, 0.05) is 11.5 Å². The molecule has 3 heterocycles. The quantitative estimate of drug-likeness (QED) is 0.757. The second-order valence-electron chi connectivity index (χ2n) is 7.35. The van der Waals surface area contributed by atoms with Crippen molar-refractivity contribution < 1.29 is 10.0 Å². The van der Waals surface area contributed by atoms with Gasteiger partial charge in [-0.3, -0.25) is 0 Å². The molecule has 1 aliphatic rings. The van der Waals surface area contributed by atoms with Crippen LogP contribution >= 0.6 is 11.3 Å². The number of quaternary nitrogens is 1. The Kier molecular flexibility index (Phi) is 4.25. The molecule has 3 atom stereocenters. The molecule has 2 N–H and O–H groups in total. The van der Waals surface area contributed by atoms with Crippen molar-refractivity contribution in [3.8, 4) is 5.88 Å². The largest absolute Gasteiger partial charge is 0.492 e. The van der Waals surface area contributed by atoms with E-state index in [1.54, 1.807) is 15.9 Å². The molecular weight excluding hydrogens is 332 g/mol. The van der Waals surface area contributed by atoms with Crippen LogP contribution in [0.2, 0.25) is 0 Å². The van der Waals surface area contributed by atoms with Crippen molar-refractivity contribution in [3.63, 3.8) is 0 Å². The first-order valence-electron chi connectivity index (χ1n) is 8.99. The summed E-state index contributed by atoms with van der Waals surface area (Å²) in [6.07, 6.45) is 2.53. The molecule has 0 saturated carbocycles. The Bertz CT molecular complexity index is 900. The minimum absolute atomic E-state index is 0.136. The molecule has 25 heavy (non-hydrogen) atoms. The van der Waals surface area contributed by atoms with E-state index in [9.17, 15) is 5.11 Å². The Labute approximate surface area is 151 Å². The van der Waals surface area contributed by atoms with Crippen molar-refractivity contribution in [1.82, 2.24) is 14.6 Å². The molecular formula is C19H25N4OS+. The summed E-state index contributed by atoms with van der Waals surface area (Å²) in [5.74, 6) is 1.65. The second kappa shape index (κ2) is 6.42. The number of hydrogen-bond acceptors (Lipinski definition) is 4. The van der Waals surface area contributed by atoms with Crippen molar-refractivity contribution in [3.05, 3.63) is 46.1 Å². The number of hydrogen-bond donors (Lipinski definition) is 2. The zero-order valence-corrected chi connectivity index (χ0v) is 15.8. The van der Waals surface area contributed by atoms with Crippen LogP contribution in [0.3, 0.4) is 0 Å². The van der Waals surface area contributed by atoms with E-state index in [0.717, 1.165) is 22.9 Å². The summed E-state index contributed by atoms with van der Waals surface area (Å²) in [5, 5.41) is 15.2. The maximum Gasteiger partial charge on any atom is 0.235 e. The first-order valence-corrected chi connectivity index (χ1v) is 9.80. The van der Waals surface area contributed by atoms with Crippen LogP contribution in [0.4, 0.5) is 0 Å². The Morgan fingerprint density at radius 1 is 1.36 bits per heavy atom. The monoisotopic (exact) mass is 357 g/mol. The van der Waals surface area contributed by atoms with Gasteiger partial charge in [0.25, 0.3) is 0 Å². The molecule has 1 fully saturated rings. The summed E-state index contributed by atoms with van der Waals surface area (Å²) in [7, 11) is 0. The summed E-state index contributed by atoms with van der Waals surface area (Å²) in [4.78, 5) is 7.73. The molecule has 132 valence electrons. The zero-order chi connectivity index (χ0) is 17.6. The van der Waals surface area contributed by atoms with Gasteiger partial charge in [0.15, 0.2) is 6.04 Å². The Morgan fingerprint density at radius 2 is 2.20 bits per heavy atom. The van der Waals surface area contributed by atoms with Crippen molar-refractivity contribution in [2.24, 2.45) is 5.92 Å². The fourth-order valence-corrected chi connectivity index (χ4v) is 5.24. The SMILES string of the molecule is Cc1cccc([C@H](c2sc3nc(C)nn3c2O)[NH+]2CCC[C@H](C)C2)c1. The lowest BCUT2D eigenvalue weighted by molar-refractivity contribution is -0.933. The van der Waals surface area contributed by atoms with E-state index in [2.05, 4.69) is 48.2 Å². The molecule has 0 spiro atoms. The van der Waals surface area contributed by atoms with E-state index in [1.807, 2.05) is 6.92 Å². The number of nitrogens with zero attached hydrogens (tertiary/aromatic N) is 3. The second-order valence-corrected chi connectivity index (χ2v) is 8.36. The molecule has 0 amide bonds. The van der Waals surface area contributed by atoms with Crippen LogP contribution in [0.15, 0.2) is 24.3 Å². The lowest BCUT2D eigenvalue weighted by Gasteiger charge is -2.34. The molecule has 3 aromatic rings. The van der Waals surface area contributed by atoms with Gasteiger partial charge in [0.05, 0.1) is 13.1 Å². The average molecular weight is 358 g/mol. The summed E-state index contributed by atoms with van der Waals surface area (Å²) in [5.41, 5.74) is 2.52. The number of benzene rings is 1. The van der Waals surface area contributed by atoms with Gasteiger partial charge in [-0.1, -0.05) is 42.0 Å². The topological polar surface area (TPSA) is 54.9 Å². The number of fused-ring (bicyclic) bond motifs is 1. The highest BCUT2D eigenvalue weighted by Crippen LogP contribution is 2.35. The zero-order valence-electron chi connectivity index (χ0n) is 15.0. The normalized spacial score (nSPS) is 22.4. The first kappa shape index (κ1) is 16.5. The van der Waals surface area contributed by atoms with Crippen molar-refractivity contribution in [1.29, 1.82) is 0 Å². The van der Waals surface area contributed by atoms with E-state index >= 15 is 0 Å². The predicted octanol–water partition coefficient (Wildman–Crippen LogP) is 2.52. The number of piperidine rings is 1. The lowest BCUT2D eigenvalue weighted by atomic mass is 9.95. The smallest absolute Gasteiger partial charge is 0.235 e. The van der Waals surface area contributed by atoms with Gasteiger partial charge in [0.1, 0.15) is 10.7 Å². The van der Waals surface area contributed by atoms with E-state index in [0.29, 0.717) is 11.7 Å². The molecule has 1 aliphatic heterocycles. The van der Waals surface area contributed by atoms with Gasteiger partial charge in [0.2, 0.25) is 10.8 Å². The third-order valence-corrected chi connectivity index (χ3v) is 6.24. The predicted molar refractivity (Wildman–Crippen MR) is 99.4 cm³/mol. The molecule has 1 saturated heterocycles. The van der Waals surface area contributed by atoms with Gasteiger partial charge < -0.3 is 10.0 Å². The molecule has 6 heteroatoms. The van der Waals surface area contributed by atoms with Crippen molar-refractivity contribution in [2.45, 2.75) is 39.7 Å². The Balaban J connectivity index is 1.83. The minimum Gasteiger partial charge on any atom is -0.492 e. The molecule has 0 bridgehead atoms. The summed E-state index contributed by atoms with van der Waals surface area (Å²) < 4.78 is 1.59. The average Bonchev–Trinajstić information content (AvgIpc) is 3.06. The van der Waals surface area contributed by atoms with Crippen LogP contribution in [-0.2, 0) is 0 Å². The van der Waals surface area contributed by atoms with Gasteiger partial charge >= 0.3 is 0 Å². The minimum atomic E-state index is 0.136.